The first-order chi connectivity index (χ1) is 12.6. The van der Waals surface area contributed by atoms with Crippen LogP contribution in [-0.4, -0.2) is 50.6 Å². The lowest BCUT2D eigenvalue weighted by molar-refractivity contribution is -0.136. The van der Waals surface area contributed by atoms with Gasteiger partial charge in [-0.15, -0.1) is 0 Å². The van der Waals surface area contributed by atoms with Crippen molar-refractivity contribution in [2.75, 3.05) is 33.9 Å². The molecule has 26 heavy (non-hydrogen) atoms. The van der Waals surface area contributed by atoms with Crippen molar-refractivity contribution in [3.8, 4) is 11.5 Å². The molecule has 2 amide bonds. The topological polar surface area (TPSA) is 67.9 Å². The van der Waals surface area contributed by atoms with Gasteiger partial charge in [0.05, 0.1) is 14.2 Å². The van der Waals surface area contributed by atoms with Gasteiger partial charge in [0.2, 0.25) is 11.8 Å². The highest BCUT2D eigenvalue weighted by atomic mass is 16.5. The molecule has 1 aromatic carbocycles. The number of carbonyl (C=O) groups is 2. The van der Waals surface area contributed by atoms with E-state index in [-0.39, 0.29) is 23.7 Å². The van der Waals surface area contributed by atoms with Gasteiger partial charge in [0, 0.05) is 31.5 Å². The van der Waals surface area contributed by atoms with Gasteiger partial charge in [0.25, 0.3) is 0 Å². The van der Waals surface area contributed by atoms with Crippen LogP contribution in [0.4, 0.5) is 0 Å². The first-order valence-corrected chi connectivity index (χ1v) is 9.39. The van der Waals surface area contributed by atoms with E-state index < -0.39 is 0 Å². The van der Waals surface area contributed by atoms with E-state index in [2.05, 4.69) is 5.32 Å². The molecular formula is C20H28N2O4. The molecule has 0 spiro atoms. The van der Waals surface area contributed by atoms with Crippen LogP contribution in [0.5, 0.6) is 11.5 Å². The van der Waals surface area contributed by atoms with Gasteiger partial charge in [0.1, 0.15) is 0 Å². The van der Waals surface area contributed by atoms with Crippen molar-refractivity contribution in [2.24, 2.45) is 11.8 Å². The molecule has 1 N–H and O–H groups in total. The smallest absolute Gasteiger partial charge is 0.225 e. The number of benzene rings is 1. The summed E-state index contributed by atoms with van der Waals surface area (Å²) in [4.78, 5) is 26.4. The maximum Gasteiger partial charge on any atom is 0.225 e. The van der Waals surface area contributed by atoms with E-state index in [1.807, 2.05) is 23.1 Å². The lowest BCUT2D eigenvalue weighted by Crippen LogP contribution is -2.43. The van der Waals surface area contributed by atoms with Crippen molar-refractivity contribution in [3.05, 3.63) is 23.8 Å². The predicted molar refractivity (Wildman–Crippen MR) is 98.3 cm³/mol. The number of carbonyl (C=O) groups excluding carboxylic acids is 2. The molecule has 1 aliphatic heterocycles. The zero-order valence-corrected chi connectivity index (χ0v) is 15.6. The Hall–Kier alpha value is -2.24. The molecule has 6 heteroatoms. The van der Waals surface area contributed by atoms with Crippen LogP contribution in [0, 0.1) is 11.8 Å². The van der Waals surface area contributed by atoms with E-state index in [1.54, 1.807) is 14.2 Å². The quantitative estimate of drug-likeness (QED) is 0.808. The minimum Gasteiger partial charge on any atom is -0.493 e. The molecule has 142 valence electrons. The minimum atomic E-state index is 0.0173. The van der Waals surface area contributed by atoms with Gasteiger partial charge in [-0.05, 0) is 49.8 Å². The maximum absolute atomic E-state index is 12.4. The molecule has 1 saturated heterocycles. The summed E-state index contributed by atoms with van der Waals surface area (Å²) in [5.41, 5.74) is 1.09. The molecule has 2 aliphatic rings. The Morgan fingerprint density at radius 2 is 1.73 bits per heavy atom. The van der Waals surface area contributed by atoms with Crippen molar-refractivity contribution >= 4 is 11.8 Å². The largest absolute Gasteiger partial charge is 0.493 e. The lowest BCUT2D eigenvalue weighted by Gasteiger charge is -2.31. The molecule has 0 bridgehead atoms. The lowest BCUT2D eigenvalue weighted by atomic mass is 9.95. The molecule has 1 aliphatic carbocycles. The SMILES string of the molecule is COc1ccc(CCNC(=O)C2CCN(C(=O)C3CC3)CC2)cc1OC. The van der Waals surface area contributed by atoms with Crippen LogP contribution < -0.4 is 14.8 Å². The van der Waals surface area contributed by atoms with Crippen molar-refractivity contribution in [3.63, 3.8) is 0 Å². The monoisotopic (exact) mass is 360 g/mol. The number of ether oxygens (including phenoxy) is 2. The van der Waals surface area contributed by atoms with E-state index in [9.17, 15) is 9.59 Å². The van der Waals surface area contributed by atoms with Gasteiger partial charge >= 0.3 is 0 Å². The van der Waals surface area contributed by atoms with Gasteiger partial charge in [-0.1, -0.05) is 6.07 Å². The molecule has 1 heterocycles. The van der Waals surface area contributed by atoms with E-state index in [1.165, 1.54) is 0 Å². The molecule has 0 radical (unpaired) electrons. The highest BCUT2D eigenvalue weighted by molar-refractivity contribution is 5.82. The average molecular weight is 360 g/mol. The fraction of sp³-hybridized carbons (Fsp3) is 0.600. The number of nitrogens with zero attached hydrogens (tertiary/aromatic N) is 1. The second-order valence-corrected chi connectivity index (χ2v) is 7.10. The van der Waals surface area contributed by atoms with Gasteiger partial charge in [-0.25, -0.2) is 0 Å². The Morgan fingerprint density at radius 1 is 1.04 bits per heavy atom. The predicted octanol–water partition coefficient (Wildman–Crippen LogP) is 2.01. The number of amides is 2. The first-order valence-electron chi connectivity index (χ1n) is 9.39. The Labute approximate surface area is 154 Å². The second kappa shape index (κ2) is 8.43. The van der Waals surface area contributed by atoms with Gasteiger partial charge in [-0.3, -0.25) is 9.59 Å². The molecule has 1 aromatic rings. The molecule has 3 rings (SSSR count). The third-order valence-electron chi connectivity index (χ3n) is 5.26. The Bertz CT molecular complexity index is 649. The van der Waals surface area contributed by atoms with Gasteiger partial charge in [-0.2, -0.15) is 0 Å². The summed E-state index contributed by atoms with van der Waals surface area (Å²) < 4.78 is 10.5. The fourth-order valence-electron chi connectivity index (χ4n) is 3.46. The van der Waals surface area contributed by atoms with Gasteiger partial charge in [0.15, 0.2) is 11.5 Å². The molecule has 0 unspecified atom stereocenters. The van der Waals surface area contributed by atoms with Crippen LogP contribution in [0.1, 0.15) is 31.2 Å². The standard InChI is InChI=1S/C20H28N2O4/c1-25-17-6-3-14(13-18(17)26-2)7-10-21-19(23)15-8-11-22(12-9-15)20(24)16-4-5-16/h3,6,13,15-16H,4-5,7-12H2,1-2H3,(H,21,23). The number of rotatable bonds is 7. The number of hydrogen-bond acceptors (Lipinski definition) is 4. The number of hydrogen-bond donors (Lipinski definition) is 1. The highest BCUT2D eigenvalue weighted by Gasteiger charge is 2.35. The number of methoxy groups -OCH3 is 2. The fourth-order valence-corrected chi connectivity index (χ4v) is 3.46. The van der Waals surface area contributed by atoms with E-state index in [0.29, 0.717) is 31.1 Å². The van der Waals surface area contributed by atoms with Crippen LogP contribution >= 0.6 is 0 Å². The Morgan fingerprint density at radius 3 is 2.35 bits per heavy atom. The van der Waals surface area contributed by atoms with Crippen molar-refractivity contribution in [1.82, 2.24) is 10.2 Å². The normalized spacial score (nSPS) is 17.7. The minimum absolute atomic E-state index is 0.0173. The van der Waals surface area contributed by atoms with Crippen LogP contribution in [0.25, 0.3) is 0 Å². The van der Waals surface area contributed by atoms with Crippen LogP contribution in [0.15, 0.2) is 18.2 Å². The summed E-state index contributed by atoms with van der Waals surface area (Å²) >= 11 is 0. The zero-order valence-electron chi connectivity index (χ0n) is 15.6. The van der Waals surface area contributed by atoms with Crippen LogP contribution in [0.3, 0.4) is 0 Å². The summed E-state index contributed by atoms with van der Waals surface area (Å²) in [6, 6.07) is 5.80. The van der Waals surface area contributed by atoms with Gasteiger partial charge < -0.3 is 19.7 Å². The summed E-state index contributed by atoms with van der Waals surface area (Å²) in [6.45, 7) is 2.02. The molecule has 6 nitrogen and oxygen atoms in total. The van der Waals surface area contributed by atoms with Crippen molar-refractivity contribution in [1.29, 1.82) is 0 Å². The van der Waals surface area contributed by atoms with Crippen molar-refractivity contribution < 1.29 is 19.1 Å². The van der Waals surface area contributed by atoms with E-state index in [4.69, 9.17) is 9.47 Å². The van der Waals surface area contributed by atoms with Crippen LogP contribution in [-0.2, 0) is 16.0 Å². The average Bonchev–Trinajstić information content (AvgIpc) is 3.52. The third-order valence-corrected chi connectivity index (χ3v) is 5.26. The molecule has 2 fully saturated rings. The van der Waals surface area contributed by atoms with Crippen LogP contribution in [0.2, 0.25) is 0 Å². The second-order valence-electron chi connectivity index (χ2n) is 7.10. The maximum atomic E-state index is 12.4. The van der Waals surface area contributed by atoms with E-state index >= 15 is 0 Å². The highest BCUT2D eigenvalue weighted by Crippen LogP contribution is 2.32. The Kier molecular flexibility index (Phi) is 6.01. The Balaban J connectivity index is 1.41. The van der Waals surface area contributed by atoms with Crippen molar-refractivity contribution in [2.45, 2.75) is 32.1 Å². The molecule has 0 atom stereocenters. The number of nitrogens with one attached hydrogen (secondary N) is 1. The number of likely N-dealkylation sites (tertiary alicyclic amines) is 1. The summed E-state index contributed by atoms with van der Waals surface area (Å²) in [5.74, 6) is 2.07. The molecule has 0 aromatic heterocycles. The van der Waals surface area contributed by atoms with E-state index in [0.717, 1.165) is 37.7 Å². The first kappa shape index (κ1) is 18.5. The summed E-state index contributed by atoms with van der Waals surface area (Å²) in [5, 5.41) is 3.03. The zero-order chi connectivity index (χ0) is 18.5. The summed E-state index contributed by atoms with van der Waals surface area (Å²) in [6.07, 6.45) is 4.34. The summed E-state index contributed by atoms with van der Waals surface area (Å²) in [7, 11) is 3.23. The third kappa shape index (κ3) is 4.48. The molecule has 1 saturated carbocycles. The molecular weight excluding hydrogens is 332 g/mol. The number of piperidine rings is 1.